The minimum atomic E-state index is -0.0918. The van der Waals surface area contributed by atoms with Crippen molar-refractivity contribution in [2.24, 2.45) is 0 Å². The molecule has 0 radical (unpaired) electrons. The Morgan fingerprint density at radius 3 is 2.86 bits per heavy atom. The molecule has 7 heteroatoms. The number of thiophene rings is 1. The Balaban J connectivity index is 1.69. The number of halogens is 1. The van der Waals surface area contributed by atoms with Gasteiger partial charge in [-0.1, -0.05) is 24.6 Å². The van der Waals surface area contributed by atoms with E-state index in [1.807, 2.05) is 30.3 Å². The molecule has 0 fully saturated rings. The fraction of sp³-hybridized carbons (Fsp3) is 0.333. The fourth-order valence-corrected chi connectivity index (χ4v) is 3.49. The van der Waals surface area contributed by atoms with E-state index in [-0.39, 0.29) is 5.69 Å². The third-order valence-corrected chi connectivity index (χ3v) is 4.79. The van der Waals surface area contributed by atoms with Crippen LogP contribution in [0.15, 0.2) is 41.3 Å². The van der Waals surface area contributed by atoms with Gasteiger partial charge in [-0.15, -0.1) is 16.4 Å². The van der Waals surface area contributed by atoms with E-state index in [4.69, 9.17) is 11.6 Å². The molecule has 0 saturated carbocycles. The molecule has 0 aromatic carbocycles. The number of hydrogen-bond acceptors (Lipinski definition) is 4. The van der Waals surface area contributed by atoms with Gasteiger partial charge in [0.25, 0.3) is 0 Å². The van der Waals surface area contributed by atoms with Crippen LogP contribution in [0.25, 0.3) is 5.65 Å². The molecule has 0 atom stereocenters. The number of fused-ring (bicyclic) bond motifs is 1. The molecule has 5 nitrogen and oxygen atoms in total. The quantitative estimate of drug-likeness (QED) is 0.695. The number of hydrogen-bond donors (Lipinski definition) is 0. The average Bonchev–Trinajstić information content (AvgIpc) is 3.08. The van der Waals surface area contributed by atoms with E-state index in [0.717, 1.165) is 24.0 Å². The van der Waals surface area contributed by atoms with Gasteiger partial charge in [-0.3, -0.25) is 9.30 Å². The molecule has 22 heavy (non-hydrogen) atoms. The smallest absolute Gasteiger partial charge is 0.297 e. The van der Waals surface area contributed by atoms with Crippen LogP contribution in [-0.4, -0.2) is 32.2 Å². The number of nitrogens with zero attached hydrogens (tertiary/aromatic N) is 4. The zero-order valence-electron chi connectivity index (χ0n) is 12.3. The molecule has 3 aromatic rings. The van der Waals surface area contributed by atoms with Gasteiger partial charge >= 0.3 is 5.69 Å². The molecule has 0 aliphatic rings. The molecular weight excluding hydrogens is 320 g/mol. The maximum absolute atomic E-state index is 12.2. The lowest BCUT2D eigenvalue weighted by atomic mass is 10.4. The zero-order chi connectivity index (χ0) is 15.5. The molecule has 0 N–H and O–H groups in total. The lowest BCUT2D eigenvalue weighted by Crippen LogP contribution is -2.30. The van der Waals surface area contributed by atoms with Crippen molar-refractivity contribution < 1.29 is 0 Å². The molecule has 0 unspecified atom stereocenters. The topological polar surface area (TPSA) is 42.5 Å². The molecule has 0 saturated heterocycles. The standard InChI is InChI=1S/C15H17ClN4OS/c1-2-18(11-12-6-7-13(16)22-12)9-10-20-15(21)19-8-4-3-5-14(19)17-20/h3-8H,2,9-11H2,1H3. The van der Waals surface area contributed by atoms with E-state index in [0.29, 0.717) is 12.2 Å². The van der Waals surface area contributed by atoms with E-state index in [1.54, 1.807) is 21.9 Å². The molecule has 0 aliphatic carbocycles. The molecule has 116 valence electrons. The Morgan fingerprint density at radius 1 is 1.32 bits per heavy atom. The van der Waals surface area contributed by atoms with Crippen molar-refractivity contribution in [3.8, 4) is 0 Å². The summed E-state index contributed by atoms with van der Waals surface area (Å²) in [5, 5.41) is 4.35. The van der Waals surface area contributed by atoms with Crippen LogP contribution in [0.4, 0.5) is 0 Å². The predicted octanol–water partition coefficient (Wildman–Crippen LogP) is 2.73. The molecule has 0 amide bonds. The second kappa shape index (κ2) is 6.64. The first-order chi connectivity index (χ1) is 10.7. The first kappa shape index (κ1) is 15.3. The number of aromatic nitrogens is 3. The highest BCUT2D eigenvalue weighted by atomic mass is 35.5. The maximum Gasteiger partial charge on any atom is 0.350 e. The van der Waals surface area contributed by atoms with Crippen LogP contribution >= 0.6 is 22.9 Å². The van der Waals surface area contributed by atoms with Crippen LogP contribution in [-0.2, 0) is 13.1 Å². The summed E-state index contributed by atoms with van der Waals surface area (Å²) in [5.74, 6) is 0. The van der Waals surface area contributed by atoms with E-state index in [2.05, 4.69) is 16.9 Å². The van der Waals surface area contributed by atoms with Gasteiger partial charge in [0.1, 0.15) is 0 Å². The van der Waals surface area contributed by atoms with Crippen LogP contribution in [0.5, 0.6) is 0 Å². The van der Waals surface area contributed by atoms with Gasteiger partial charge in [0.05, 0.1) is 10.9 Å². The SMILES string of the molecule is CCN(CCn1nc2ccccn2c1=O)Cc1ccc(Cl)s1. The summed E-state index contributed by atoms with van der Waals surface area (Å²) in [5.41, 5.74) is 0.589. The van der Waals surface area contributed by atoms with Crippen molar-refractivity contribution in [3.05, 3.63) is 56.2 Å². The monoisotopic (exact) mass is 336 g/mol. The third-order valence-electron chi connectivity index (χ3n) is 3.57. The first-order valence-electron chi connectivity index (χ1n) is 7.18. The normalized spacial score (nSPS) is 11.6. The number of pyridine rings is 1. The summed E-state index contributed by atoms with van der Waals surface area (Å²) in [6.45, 7) is 5.22. The first-order valence-corrected chi connectivity index (χ1v) is 8.37. The Morgan fingerprint density at radius 2 is 2.18 bits per heavy atom. The summed E-state index contributed by atoms with van der Waals surface area (Å²) in [7, 11) is 0. The highest BCUT2D eigenvalue weighted by Crippen LogP contribution is 2.22. The van der Waals surface area contributed by atoms with E-state index in [9.17, 15) is 4.79 Å². The second-order valence-corrected chi connectivity index (χ2v) is 6.81. The van der Waals surface area contributed by atoms with E-state index < -0.39 is 0 Å². The molecular formula is C15H17ClN4OS. The Labute approximate surface area is 137 Å². The second-order valence-electron chi connectivity index (χ2n) is 5.01. The van der Waals surface area contributed by atoms with Crippen molar-refractivity contribution >= 4 is 28.6 Å². The van der Waals surface area contributed by atoms with Crippen LogP contribution in [0, 0.1) is 0 Å². The maximum atomic E-state index is 12.2. The minimum Gasteiger partial charge on any atom is -0.297 e. The highest BCUT2D eigenvalue weighted by molar-refractivity contribution is 7.16. The van der Waals surface area contributed by atoms with Crippen molar-refractivity contribution in [1.29, 1.82) is 0 Å². The van der Waals surface area contributed by atoms with Gasteiger partial charge in [-0.25, -0.2) is 9.48 Å². The van der Waals surface area contributed by atoms with Gasteiger partial charge in [0, 0.05) is 24.2 Å². The lowest BCUT2D eigenvalue weighted by molar-refractivity contribution is 0.264. The minimum absolute atomic E-state index is 0.0918. The fourth-order valence-electron chi connectivity index (χ4n) is 2.36. The molecule has 0 bridgehead atoms. The molecule has 3 aromatic heterocycles. The van der Waals surface area contributed by atoms with Crippen LogP contribution in [0.2, 0.25) is 4.34 Å². The summed E-state index contributed by atoms with van der Waals surface area (Å²) < 4.78 is 3.90. The third kappa shape index (κ3) is 3.24. The lowest BCUT2D eigenvalue weighted by Gasteiger charge is -2.18. The zero-order valence-corrected chi connectivity index (χ0v) is 13.8. The summed E-state index contributed by atoms with van der Waals surface area (Å²) in [4.78, 5) is 15.7. The van der Waals surface area contributed by atoms with Crippen LogP contribution in [0.1, 0.15) is 11.8 Å². The largest absolute Gasteiger partial charge is 0.350 e. The molecule has 0 spiro atoms. The predicted molar refractivity (Wildman–Crippen MR) is 89.7 cm³/mol. The highest BCUT2D eigenvalue weighted by Gasteiger charge is 2.09. The van der Waals surface area contributed by atoms with Crippen molar-refractivity contribution in [2.45, 2.75) is 20.0 Å². The summed E-state index contributed by atoms with van der Waals surface area (Å²) in [6.07, 6.45) is 1.74. The summed E-state index contributed by atoms with van der Waals surface area (Å²) in [6, 6.07) is 9.52. The molecule has 0 aliphatic heterocycles. The van der Waals surface area contributed by atoms with Crippen molar-refractivity contribution in [2.75, 3.05) is 13.1 Å². The van der Waals surface area contributed by atoms with Gasteiger partial charge in [-0.2, -0.15) is 0 Å². The number of rotatable bonds is 6. The van der Waals surface area contributed by atoms with Gasteiger partial charge in [0.15, 0.2) is 5.65 Å². The Kier molecular flexibility index (Phi) is 4.61. The Hall–Kier alpha value is -1.63. The number of likely N-dealkylation sites (N-methyl/N-ethyl adjacent to an activating group) is 1. The average molecular weight is 337 g/mol. The Bertz CT molecular complexity index is 822. The van der Waals surface area contributed by atoms with Crippen LogP contribution < -0.4 is 5.69 Å². The van der Waals surface area contributed by atoms with Gasteiger partial charge in [0.2, 0.25) is 0 Å². The van der Waals surface area contributed by atoms with E-state index in [1.165, 1.54) is 9.56 Å². The molecule has 3 heterocycles. The van der Waals surface area contributed by atoms with Gasteiger partial charge in [-0.05, 0) is 30.8 Å². The van der Waals surface area contributed by atoms with E-state index >= 15 is 0 Å². The van der Waals surface area contributed by atoms with Crippen molar-refractivity contribution in [1.82, 2.24) is 19.1 Å². The van der Waals surface area contributed by atoms with Crippen LogP contribution in [0.3, 0.4) is 0 Å². The van der Waals surface area contributed by atoms with Crippen molar-refractivity contribution in [3.63, 3.8) is 0 Å². The summed E-state index contributed by atoms with van der Waals surface area (Å²) >= 11 is 7.56. The molecule has 3 rings (SSSR count). The van der Waals surface area contributed by atoms with Gasteiger partial charge < -0.3 is 0 Å².